The predicted octanol–water partition coefficient (Wildman–Crippen LogP) is 3.02. The molecule has 2 aromatic heterocycles. The minimum absolute atomic E-state index is 0. The normalized spacial score (nSPS) is 8.89. The third-order valence-corrected chi connectivity index (χ3v) is 2.25. The summed E-state index contributed by atoms with van der Waals surface area (Å²) in [4.78, 5) is 15.8. The fraction of sp³-hybridized carbons (Fsp3) is 0.231. The van der Waals surface area contributed by atoms with E-state index in [4.69, 9.17) is 11.6 Å². The average molecular weight is 339 g/mol. The molecule has 93 valence electrons. The largest absolute Gasteiger partial charge is 0.367 e. The first kappa shape index (κ1) is 17.5. The van der Waals surface area contributed by atoms with E-state index in [1.54, 1.807) is 30.6 Å². The maximum atomic E-state index is 11.6. The molecule has 0 fully saturated rings. The first-order valence-electron chi connectivity index (χ1n) is 5.40. The Balaban J connectivity index is 0.000000917. The summed E-state index contributed by atoms with van der Waals surface area (Å²) in [6.07, 6.45) is 3.28. The number of hydrogen-bond donors (Lipinski definition) is 0. The summed E-state index contributed by atoms with van der Waals surface area (Å²) in [6.45, 7) is 5.89. The Morgan fingerprint density at radius 3 is 2.61 bits per heavy atom. The van der Waals surface area contributed by atoms with Gasteiger partial charge in [-0.15, -0.1) is 11.6 Å². The van der Waals surface area contributed by atoms with Crippen molar-refractivity contribution in [1.29, 1.82) is 0 Å². The molecule has 18 heavy (non-hydrogen) atoms. The maximum Gasteiger partial charge on any atom is 0.263 e. The van der Waals surface area contributed by atoms with Gasteiger partial charge >= 0.3 is 0 Å². The smallest absolute Gasteiger partial charge is 0.263 e. The summed E-state index contributed by atoms with van der Waals surface area (Å²) < 4.78 is 1.39. The number of pyridine rings is 2. The molecule has 0 aliphatic carbocycles. The molecule has 0 saturated carbocycles. The second-order valence-electron chi connectivity index (χ2n) is 3.12. The third-order valence-electron chi connectivity index (χ3n) is 1.97. The quantitative estimate of drug-likeness (QED) is 0.749. The van der Waals surface area contributed by atoms with Gasteiger partial charge in [0.1, 0.15) is 5.02 Å². The van der Waals surface area contributed by atoms with Crippen LogP contribution in [0.25, 0.3) is 5.82 Å². The molecule has 0 aromatic carbocycles. The van der Waals surface area contributed by atoms with Crippen LogP contribution in [0.3, 0.4) is 0 Å². The number of rotatable bonds is 1. The second-order valence-corrected chi connectivity index (χ2v) is 3.53. The van der Waals surface area contributed by atoms with Gasteiger partial charge in [-0.05, 0) is 12.1 Å². The number of aryl methyl sites for hydroxylation is 1. The molecule has 0 spiro atoms. The van der Waals surface area contributed by atoms with Crippen molar-refractivity contribution in [3.05, 3.63) is 57.6 Å². The van der Waals surface area contributed by atoms with E-state index in [-0.39, 0.29) is 43.3 Å². The van der Waals surface area contributed by atoms with E-state index >= 15 is 0 Å². The van der Waals surface area contributed by atoms with Crippen LogP contribution in [0.15, 0.2) is 35.4 Å². The molecule has 0 unspecified atom stereocenters. The van der Waals surface area contributed by atoms with Gasteiger partial charge in [0, 0.05) is 44.7 Å². The molecule has 0 amide bonds. The van der Waals surface area contributed by atoms with Gasteiger partial charge in [0.2, 0.25) is 0 Å². The standard InChI is InChI=1S/C11H8ClN2O.C2H6.Y/c1-8-4-5-10(13-7-8)14-6-2-3-9(12)11(14)15;1-2;/h2-3,5-7H,1H3;1-2H3;/q-1;;. The fourth-order valence-corrected chi connectivity index (χ4v) is 1.36. The van der Waals surface area contributed by atoms with Crippen LogP contribution in [0.5, 0.6) is 0 Å². The summed E-state index contributed by atoms with van der Waals surface area (Å²) >= 11 is 5.72. The van der Waals surface area contributed by atoms with Crippen LogP contribution in [0.2, 0.25) is 5.02 Å². The minimum atomic E-state index is -0.274. The van der Waals surface area contributed by atoms with Crippen molar-refractivity contribution in [2.45, 2.75) is 20.8 Å². The van der Waals surface area contributed by atoms with Crippen LogP contribution in [0, 0.1) is 13.0 Å². The van der Waals surface area contributed by atoms with E-state index in [2.05, 4.69) is 11.1 Å². The van der Waals surface area contributed by atoms with Crippen LogP contribution in [0.4, 0.5) is 0 Å². The van der Waals surface area contributed by atoms with Gasteiger partial charge in [0.15, 0.2) is 0 Å². The van der Waals surface area contributed by atoms with Crippen LogP contribution >= 0.6 is 11.6 Å². The molecule has 2 rings (SSSR count). The number of aromatic nitrogens is 2. The Hall–Kier alpha value is -0.506. The average Bonchev–Trinajstić information content (AvgIpc) is 2.37. The van der Waals surface area contributed by atoms with Gasteiger partial charge < -0.3 is 9.55 Å². The van der Waals surface area contributed by atoms with E-state index < -0.39 is 0 Å². The molecule has 2 aromatic rings. The topological polar surface area (TPSA) is 34.9 Å². The fourth-order valence-electron chi connectivity index (χ4n) is 1.20. The Bertz CT molecular complexity index is 537. The van der Waals surface area contributed by atoms with E-state index in [1.807, 2.05) is 20.8 Å². The maximum absolute atomic E-state index is 11.6. The number of nitrogens with zero attached hydrogens (tertiary/aromatic N) is 2. The van der Waals surface area contributed by atoms with Crippen molar-refractivity contribution in [3.63, 3.8) is 0 Å². The second kappa shape index (κ2) is 8.57. The Kier molecular flexibility index (Phi) is 8.33. The third kappa shape index (κ3) is 4.31. The van der Waals surface area contributed by atoms with E-state index in [9.17, 15) is 4.79 Å². The molecule has 3 nitrogen and oxygen atoms in total. The van der Waals surface area contributed by atoms with Crippen molar-refractivity contribution in [3.8, 4) is 5.82 Å². The van der Waals surface area contributed by atoms with Gasteiger partial charge in [0.05, 0.1) is 0 Å². The van der Waals surface area contributed by atoms with E-state index in [0.717, 1.165) is 5.56 Å². The van der Waals surface area contributed by atoms with E-state index in [1.165, 1.54) is 4.57 Å². The first-order chi connectivity index (χ1) is 8.18. The zero-order chi connectivity index (χ0) is 12.8. The summed E-state index contributed by atoms with van der Waals surface area (Å²) in [7, 11) is 0. The molecule has 0 bridgehead atoms. The molecule has 0 aliphatic rings. The molecule has 1 radical (unpaired) electrons. The van der Waals surface area contributed by atoms with Crippen LogP contribution in [0.1, 0.15) is 19.4 Å². The molecule has 5 heteroatoms. The zero-order valence-corrected chi connectivity index (χ0v) is 14.2. The minimum Gasteiger partial charge on any atom is -0.367 e. The Morgan fingerprint density at radius 1 is 1.39 bits per heavy atom. The van der Waals surface area contributed by atoms with Crippen molar-refractivity contribution in [1.82, 2.24) is 9.55 Å². The van der Waals surface area contributed by atoms with Gasteiger partial charge in [-0.3, -0.25) is 4.79 Å². The van der Waals surface area contributed by atoms with Crippen LogP contribution in [-0.4, -0.2) is 9.55 Å². The van der Waals surface area contributed by atoms with Crippen molar-refractivity contribution in [2.75, 3.05) is 0 Å². The van der Waals surface area contributed by atoms with E-state index in [0.29, 0.717) is 5.82 Å². The van der Waals surface area contributed by atoms with Crippen molar-refractivity contribution < 1.29 is 32.7 Å². The summed E-state index contributed by atoms with van der Waals surface area (Å²) in [5.41, 5.74) is 0.651. The van der Waals surface area contributed by atoms with Crippen molar-refractivity contribution >= 4 is 11.6 Å². The predicted molar refractivity (Wildman–Crippen MR) is 69.8 cm³/mol. The molecule has 2 heterocycles. The molecular weight excluding hydrogens is 325 g/mol. The Morgan fingerprint density at radius 2 is 2.06 bits per heavy atom. The summed E-state index contributed by atoms with van der Waals surface area (Å²) in [6, 6.07) is 7.89. The molecule has 0 saturated heterocycles. The van der Waals surface area contributed by atoms with Crippen LogP contribution < -0.4 is 5.56 Å². The van der Waals surface area contributed by atoms with Gasteiger partial charge in [-0.1, -0.05) is 38.6 Å². The molecule has 0 atom stereocenters. The summed E-state index contributed by atoms with van der Waals surface area (Å²) in [5.74, 6) is 0.521. The van der Waals surface area contributed by atoms with Crippen molar-refractivity contribution in [2.24, 2.45) is 0 Å². The van der Waals surface area contributed by atoms with Crippen LogP contribution in [-0.2, 0) is 32.7 Å². The molecule has 0 N–H and O–H groups in total. The Labute approximate surface area is 137 Å². The molecule has 0 aliphatic heterocycles. The van der Waals surface area contributed by atoms with Gasteiger partial charge in [-0.2, -0.15) is 6.07 Å². The zero-order valence-electron chi connectivity index (χ0n) is 10.6. The number of halogens is 1. The molecular formula is C13H14ClN2OY-. The number of hydrogen-bond acceptors (Lipinski definition) is 2. The van der Waals surface area contributed by atoms with Gasteiger partial charge in [0.25, 0.3) is 5.56 Å². The first-order valence-corrected chi connectivity index (χ1v) is 5.78. The SMILES string of the molecule is CC.Cc1[c-]cc(-n2cccc(Cl)c2=O)nc1.[Y]. The van der Waals surface area contributed by atoms with Gasteiger partial charge in [-0.25, -0.2) is 0 Å². The monoisotopic (exact) mass is 338 g/mol. The summed E-state index contributed by atoms with van der Waals surface area (Å²) in [5, 5.41) is 0.180.